The minimum absolute atomic E-state index is 0.132. The molecular formula is C21H28FNOSi. The second-order valence-electron chi connectivity index (χ2n) is 7.80. The van der Waals surface area contributed by atoms with Gasteiger partial charge >= 0.3 is 0 Å². The first-order chi connectivity index (χ1) is 11.6. The van der Waals surface area contributed by atoms with Crippen LogP contribution in [0.1, 0.15) is 47.1 Å². The minimum atomic E-state index is -1.94. The summed E-state index contributed by atoms with van der Waals surface area (Å²) >= 11 is 0. The third kappa shape index (κ3) is 3.43. The van der Waals surface area contributed by atoms with Crippen LogP contribution in [0.5, 0.6) is 0 Å². The number of aromatic nitrogens is 1. The van der Waals surface area contributed by atoms with Crippen LogP contribution in [0, 0.1) is 17.3 Å². The van der Waals surface area contributed by atoms with Crippen molar-refractivity contribution in [1.82, 2.24) is 4.57 Å². The van der Waals surface area contributed by atoms with E-state index in [1.807, 2.05) is 0 Å². The van der Waals surface area contributed by atoms with Crippen LogP contribution in [0.3, 0.4) is 0 Å². The molecule has 25 heavy (non-hydrogen) atoms. The minimum Gasteiger partial charge on any atom is -0.318 e. The fraction of sp³-hybridized carbons (Fsp3) is 0.476. The molecule has 0 N–H and O–H groups in total. The van der Waals surface area contributed by atoms with E-state index in [9.17, 15) is 9.18 Å². The van der Waals surface area contributed by atoms with E-state index in [1.54, 1.807) is 19.3 Å². The standard InChI is InChI=1S/C21H28FNOSi/c1-14(2)25(15(3)4,16(5)6)11-9-18-13-19(22)12-17-8-10-23(7)21(24)20(17)18/h8,10,12-16H,1-7H3. The van der Waals surface area contributed by atoms with Gasteiger partial charge in [-0.05, 0) is 40.2 Å². The molecule has 2 aromatic rings. The second kappa shape index (κ2) is 7.17. The fourth-order valence-electron chi connectivity index (χ4n) is 4.14. The first-order valence-corrected chi connectivity index (χ1v) is 11.2. The molecule has 0 aliphatic carbocycles. The van der Waals surface area contributed by atoms with Gasteiger partial charge in [0.1, 0.15) is 13.9 Å². The summed E-state index contributed by atoms with van der Waals surface area (Å²) in [5, 5.41) is 1.12. The average molecular weight is 358 g/mol. The highest BCUT2D eigenvalue weighted by Gasteiger charge is 2.41. The number of hydrogen-bond acceptors (Lipinski definition) is 1. The summed E-state index contributed by atoms with van der Waals surface area (Å²) in [5.41, 5.74) is 5.43. The molecule has 0 unspecified atom stereocenters. The van der Waals surface area contributed by atoms with Crippen LogP contribution in [0.2, 0.25) is 16.6 Å². The van der Waals surface area contributed by atoms with Crippen LogP contribution in [0.15, 0.2) is 29.2 Å². The first-order valence-electron chi connectivity index (χ1n) is 8.93. The largest absolute Gasteiger partial charge is 0.318 e. The lowest BCUT2D eigenvalue weighted by atomic mass is 10.1. The monoisotopic (exact) mass is 357 g/mol. The summed E-state index contributed by atoms with van der Waals surface area (Å²) < 4.78 is 15.6. The Hall–Kier alpha value is -1.86. The van der Waals surface area contributed by atoms with Crippen molar-refractivity contribution in [2.24, 2.45) is 7.05 Å². The van der Waals surface area contributed by atoms with Crippen molar-refractivity contribution in [3.8, 4) is 11.5 Å². The van der Waals surface area contributed by atoms with Crippen molar-refractivity contribution in [2.75, 3.05) is 0 Å². The van der Waals surface area contributed by atoms with Crippen LogP contribution >= 0.6 is 0 Å². The van der Waals surface area contributed by atoms with Gasteiger partial charge in [-0.25, -0.2) is 4.39 Å². The lowest BCUT2D eigenvalue weighted by Gasteiger charge is -2.38. The van der Waals surface area contributed by atoms with E-state index < -0.39 is 8.07 Å². The smallest absolute Gasteiger partial charge is 0.259 e. The highest BCUT2D eigenvalue weighted by molar-refractivity contribution is 6.90. The van der Waals surface area contributed by atoms with E-state index >= 15 is 0 Å². The van der Waals surface area contributed by atoms with Gasteiger partial charge in [0.2, 0.25) is 0 Å². The maximum absolute atomic E-state index is 14.1. The number of rotatable bonds is 3. The highest BCUT2D eigenvalue weighted by Crippen LogP contribution is 2.40. The summed E-state index contributed by atoms with van der Waals surface area (Å²) in [7, 11) is -0.232. The molecule has 0 radical (unpaired) electrons. The van der Waals surface area contributed by atoms with Gasteiger partial charge in [0, 0.05) is 18.8 Å². The molecule has 1 aromatic carbocycles. The van der Waals surface area contributed by atoms with Gasteiger partial charge < -0.3 is 4.57 Å². The van der Waals surface area contributed by atoms with E-state index in [0.29, 0.717) is 33.0 Å². The van der Waals surface area contributed by atoms with E-state index in [1.165, 1.54) is 16.7 Å². The number of aryl methyl sites for hydroxylation is 1. The molecule has 2 nitrogen and oxygen atoms in total. The van der Waals surface area contributed by atoms with Gasteiger partial charge in [0.05, 0.1) is 5.39 Å². The molecule has 4 heteroatoms. The summed E-state index contributed by atoms with van der Waals surface area (Å²) in [6, 6.07) is 4.57. The Labute approximate surface area is 151 Å². The first kappa shape index (κ1) is 19.5. The number of fused-ring (bicyclic) bond motifs is 1. The Morgan fingerprint density at radius 1 is 1.04 bits per heavy atom. The lowest BCUT2D eigenvalue weighted by molar-refractivity contribution is 0.629. The van der Waals surface area contributed by atoms with Crippen LogP contribution in [-0.2, 0) is 7.05 Å². The van der Waals surface area contributed by atoms with Crippen LogP contribution in [0.25, 0.3) is 10.8 Å². The molecular weight excluding hydrogens is 329 g/mol. The van der Waals surface area contributed by atoms with Crippen molar-refractivity contribution in [3.05, 3.63) is 46.1 Å². The number of benzene rings is 1. The second-order valence-corrected chi connectivity index (χ2v) is 13.4. The topological polar surface area (TPSA) is 22.0 Å². The summed E-state index contributed by atoms with van der Waals surface area (Å²) in [6.45, 7) is 13.4. The van der Waals surface area contributed by atoms with Crippen molar-refractivity contribution >= 4 is 18.8 Å². The Morgan fingerprint density at radius 2 is 1.60 bits per heavy atom. The Bertz CT molecular complexity index is 878. The van der Waals surface area contributed by atoms with Crippen molar-refractivity contribution in [2.45, 2.75) is 58.2 Å². The van der Waals surface area contributed by atoms with Crippen molar-refractivity contribution < 1.29 is 4.39 Å². The zero-order valence-corrected chi connectivity index (χ0v) is 17.3. The van der Waals surface area contributed by atoms with Gasteiger partial charge in [0.15, 0.2) is 0 Å². The lowest BCUT2D eigenvalue weighted by Crippen LogP contribution is -2.43. The van der Waals surface area contributed by atoms with E-state index in [0.717, 1.165) is 0 Å². The molecule has 0 spiro atoms. The molecule has 0 aliphatic heterocycles. The maximum atomic E-state index is 14.1. The fourth-order valence-corrected chi connectivity index (χ4v) is 9.36. The van der Waals surface area contributed by atoms with E-state index in [-0.39, 0.29) is 11.4 Å². The molecule has 0 saturated heterocycles. The highest BCUT2D eigenvalue weighted by atomic mass is 28.3. The summed E-state index contributed by atoms with van der Waals surface area (Å²) in [5.74, 6) is 2.89. The van der Waals surface area contributed by atoms with Gasteiger partial charge in [0.25, 0.3) is 5.56 Å². The Balaban J connectivity index is 2.79. The number of pyridine rings is 1. The Morgan fingerprint density at radius 3 is 2.12 bits per heavy atom. The van der Waals surface area contributed by atoms with Crippen molar-refractivity contribution in [3.63, 3.8) is 0 Å². The molecule has 1 heterocycles. The predicted octanol–water partition coefficient (Wildman–Crippen LogP) is 5.25. The zero-order chi connectivity index (χ0) is 18.9. The quantitative estimate of drug-likeness (QED) is 0.543. The summed E-state index contributed by atoms with van der Waals surface area (Å²) in [6.07, 6.45) is 1.66. The predicted molar refractivity (Wildman–Crippen MR) is 107 cm³/mol. The van der Waals surface area contributed by atoms with Crippen LogP contribution in [0.4, 0.5) is 4.39 Å². The molecule has 0 bridgehead atoms. The third-order valence-electron chi connectivity index (χ3n) is 5.43. The Kier molecular flexibility index (Phi) is 5.58. The number of nitrogens with zero attached hydrogens (tertiary/aromatic N) is 1. The molecule has 0 aliphatic rings. The van der Waals surface area contributed by atoms with Gasteiger partial charge in [-0.3, -0.25) is 4.79 Å². The molecule has 0 atom stereocenters. The van der Waals surface area contributed by atoms with Crippen LogP contribution < -0.4 is 5.56 Å². The zero-order valence-electron chi connectivity index (χ0n) is 16.3. The molecule has 134 valence electrons. The maximum Gasteiger partial charge on any atom is 0.259 e. The number of hydrogen-bond donors (Lipinski definition) is 0. The number of halogens is 1. The third-order valence-corrected chi connectivity index (χ3v) is 11.7. The molecule has 0 saturated carbocycles. The molecule has 2 rings (SSSR count). The van der Waals surface area contributed by atoms with Gasteiger partial charge in [-0.2, -0.15) is 0 Å². The molecule has 0 fully saturated rings. The SMILES string of the molecule is CC(C)[Si](C#Cc1cc(F)cc2ccn(C)c(=O)c12)(C(C)C)C(C)C. The van der Waals surface area contributed by atoms with Gasteiger partial charge in [-0.15, -0.1) is 5.54 Å². The van der Waals surface area contributed by atoms with Crippen LogP contribution in [-0.4, -0.2) is 12.6 Å². The average Bonchev–Trinajstić information content (AvgIpc) is 2.50. The normalized spacial score (nSPS) is 12.1. The van der Waals surface area contributed by atoms with E-state index in [4.69, 9.17) is 0 Å². The van der Waals surface area contributed by atoms with Gasteiger partial charge in [-0.1, -0.05) is 47.5 Å². The van der Waals surface area contributed by atoms with E-state index in [2.05, 4.69) is 53.0 Å². The van der Waals surface area contributed by atoms with Crippen molar-refractivity contribution in [1.29, 1.82) is 0 Å². The summed E-state index contributed by atoms with van der Waals surface area (Å²) in [4.78, 5) is 12.6. The molecule has 0 amide bonds. The molecule has 1 aromatic heterocycles.